The van der Waals surface area contributed by atoms with Crippen LogP contribution in [0.2, 0.25) is 0 Å². The molecule has 0 spiro atoms. The van der Waals surface area contributed by atoms with E-state index in [1.807, 2.05) is 89.3 Å². The molecule has 2 aromatic heterocycles. The van der Waals surface area contributed by atoms with Crippen molar-refractivity contribution in [3.8, 4) is 32.0 Å². The first kappa shape index (κ1) is 42.5. The minimum absolute atomic E-state index is 0.00375. The lowest BCUT2D eigenvalue weighted by Gasteiger charge is -2.28. The van der Waals surface area contributed by atoms with Crippen LogP contribution in [0.5, 0.6) is 0 Å². The molecule has 322 valence electrons. The first-order chi connectivity index (χ1) is 30.8. The number of likely N-dealkylation sites (tertiary alicyclic amines) is 2. The number of rotatable bonds is 13. The van der Waals surface area contributed by atoms with E-state index in [0.29, 0.717) is 12.6 Å². The number of benzene rings is 4. The second kappa shape index (κ2) is 19.3. The van der Waals surface area contributed by atoms with Crippen molar-refractivity contribution in [2.45, 2.75) is 75.5 Å². The molecule has 6 aromatic rings. The third kappa shape index (κ3) is 10.0. The summed E-state index contributed by atoms with van der Waals surface area (Å²) in [4.78, 5) is 65.3. The van der Waals surface area contributed by atoms with Crippen LogP contribution in [0.4, 0.5) is 0 Å². The molecule has 63 heavy (non-hydrogen) atoms. The fourth-order valence-corrected chi connectivity index (χ4v) is 10.7. The Morgan fingerprint density at radius 1 is 0.603 bits per heavy atom. The van der Waals surface area contributed by atoms with Gasteiger partial charge in [-0.3, -0.25) is 19.3 Å². The summed E-state index contributed by atoms with van der Waals surface area (Å²) in [5, 5.41) is 7.97. The first-order valence-corrected chi connectivity index (χ1v) is 23.8. The highest BCUT2D eigenvalue weighted by Crippen LogP contribution is 2.40. The molecule has 4 atom stereocenters. The second-order valence-corrected chi connectivity index (χ2v) is 19.2. The fraction of sp³-hybridized carbons (Fsp3) is 0.333. The number of hydrogen-bond acceptors (Lipinski definition) is 9. The molecular formula is C51H52N6O4S2. The van der Waals surface area contributed by atoms with Crippen LogP contribution in [0.1, 0.15) is 96.7 Å². The molecule has 4 heterocycles. The van der Waals surface area contributed by atoms with Crippen LogP contribution >= 0.6 is 22.7 Å². The number of nitrogens with zero attached hydrogens (tertiary/aromatic N) is 4. The van der Waals surface area contributed by atoms with Crippen LogP contribution in [0.15, 0.2) is 122 Å². The van der Waals surface area contributed by atoms with Gasteiger partial charge in [0, 0.05) is 30.8 Å². The van der Waals surface area contributed by atoms with Gasteiger partial charge in [0.15, 0.2) is 0 Å². The standard InChI is InChI=1S/C39H39N5O2S2.C12H13NO2/c1-43-21-5-9-31(43)37-40-23-33(47-37)27-15-11-25(12-16-27)26-13-17-28(18-14-26)34-24-41-38(48-34)32-10-6-22-44(32)39(46)35(29-7-3-2-4-8-29)42-36(45)30-19-20-30;14-8-11(9-4-2-1-3-5-9)13-12(15)10-6-7-10/h2-4,7-8,11-18,23-24,30-32,35H,5-6,9-10,19-22H2,1H3,(H,42,45);1-5,8,10-11H,6-7H2,(H,13,15)/t31?,32?,35-;11-/m01/s1. The molecule has 4 aromatic carbocycles. The van der Waals surface area contributed by atoms with E-state index in [0.717, 1.165) is 77.9 Å². The van der Waals surface area contributed by atoms with Crippen molar-refractivity contribution in [1.29, 1.82) is 0 Å². The molecule has 3 amide bonds. The van der Waals surface area contributed by atoms with Gasteiger partial charge in [0.2, 0.25) is 17.7 Å². The van der Waals surface area contributed by atoms with Crippen molar-refractivity contribution in [2.75, 3.05) is 20.1 Å². The van der Waals surface area contributed by atoms with Crippen molar-refractivity contribution in [3.05, 3.63) is 143 Å². The summed E-state index contributed by atoms with van der Waals surface area (Å²) in [6, 6.07) is 35.5. The highest BCUT2D eigenvalue weighted by atomic mass is 32.1. The molecule has 10 rings (SSSR count). The molecule has 4 aliphatic rings. The Labute approximate surface area is 376 Å². The van der Waals surface area contributed by atoms with Gasteiger partial charge >= 0.3 is 0 Å². The Morgan fingerprint density at radius 3 is 1.59 bits per heavy atom. The van der Waals surface area contributed by atoms with E-state index >= 15 is 0 Å². The Kier molecular flexibility index (Phi) is 13.0. The lowest BCUT2D eigenvalue weighted by molar-refractivity contribution is -0.137. The zero-order chi connectivity index (χ0) is 43.3. The molecule has 0 radical (unpaired) electrons. The fourth-order valence-electron chi connectivity index (χ4n) is 8.49. The average Bonchev–Trinajstić information content (AvgIpc) is 4.12. The van der Waals surface area contributed by atoms with E-state index in [9.17, 15) is 19.2 Å². The molecule has 2 aliphatic carbocycles. The van der Waals surface area contributed by atoms with Gasteiger partial charge < -0.3 is 20.3 Å². The smallest absolute Gasteiger partial charge is 0.250 e. The van der Waals surface area contributed by atoms with Crippen molar-refractivity contribution in [2.24, 2.45) is 11.8 Å². The number of carbonyl (C=O) groups is 4. The number of hydrogen-bond donors (Lipinski definition) is 2. The van der Waals surface area contributed by atoms with Crippen LogP contribution in [0, 0.1) is 11.8 Å². The molecule has 2 unspecified atom stereocenters. The zero-order valence-electron chi connectivity index (χ0n) is 35.4. The number of thiazole rings is 2. The van der Waals surface area contributed by atoms with Gasteiger partial charge in [-0.25, -0.2) is 9.97 Å². The topological polar surface area (TPSA) is 125 Å². The predicted octanol–water partition coefficient (Wildman–Crippen LogP) is 9.75. The molecule has 0 bridgehead atoms. The summed E-state index contributed by atoms with van der Waals surface area (Å²) in [6.07, 6.45) is 12.6. The van der Waals surface area contributed by atoms with E-state index < -0.39 is 12.1 Å². The molecular weight excluding hydrogens is 825 g/mol. The molecule has 2 aliphatic heterocycles. The van der Waals surface area contributed by atoms with Crippen molar-refractivity contribution < 1.29 is 19.2 Å². The summed E-state index contributed by atoms with van der Waals surface area (Å²) in [5.74, 6) is 0.0887. The summed E-state index contributed by atoms with van der Waals surface area (Å²) in [7, 11) is 2.19. The third-order valence-corrected chi connectivity index (χ3v) is 14.8. The molecule has 2 N–H and O–H groups in total. The monoisotopic (exact) mass is 876 g/mol. The lowest BCUT2D eigenvalue weighted by Crippen LogP contribution is -2.43. The Hall–Kier alpha value is -5.82. The zero-order valence-corrected chi connectivity index (χ0v) is 37.0. The number of carbonyl (C=O) groups excluding carboxylic acids is 4. The summed E-state index contributed by atoms with van der Waals surface area (Å²) in [6.45, 7) is 1.81. The van der Waals surface area contributed by atoms with Crippen LogP contribution < -0.4 is 10.6 Å². The lowest BCUT2D eigenvalue weighted by atomic mass is 10.0. The van der Waals surface area contributed by atoms with Crippen LogP contribution in [0.25, 0.3) is 32.0 Å². The van der Waals surface area contributed by atoms with Gasteiger partial charge in [0.05, 0.1) is 21.8 Å². The van der Waals surface area contributed by atoms with Crippen molar-refractivity contribution in [3.63, 3.8) is 0 Å². The predicted molar refractivity (Wildman–Crippen MR) is 249 cm³/mol. The Bertz CT molecular complexity index is 2520. The molecule has 12 heteroatoms. The van der Waals surface area contributed by atoms with Crippen molar-refractivity contribution >= 4 is 46.7 Å². The Morgan fingerprint density at radius 2 is 1.08 bits per heavy atom. The number of aldehydes is 1. The summed E-state index contributed by atoms with van der Waals surface area (Å²) < 4.78 is 0. The molecule has 10 nitrogen and oxygen atoms in total. The van der Waals surface area contributed by atoms with E-state index in [1.165, 1.54) is 39.4 Å². The minimum atomic E-state index is -0.681. The summed E-state index contributed by atoms with van der Waals surface area (Å²) in [5.41, 5.74) is 6.32. The maximum Gasteiger partial charge on any atom is 0.250 e. The number of aromatic nitrogens is 2. The van der Waals surface area contributed by atoms with Crippen LogP contribution in [0.3, 0.4) is 0 Å². The first-order valence-electron chi connectivity index (χ1n) is 22.1. The van der Waals surface area contributed by atoms with Crippen LogP contribution in [-0.4, -0.2) is 63.9 Å². The number of nitrogens with one attached hydrogen (secondary N) is 2. The van der Waals surface area contributed by atoms with Gasteiger partial charge in [0.1, 0.15) is 28.4 Å². The maximum absolute atomic E-state index is 14.0. The molecule has 2 saturated carbocycles. The van der Waals surface area contributed by atoms with Crippen LogP contribution in [-0.2, 0) is 19.2 Å². The van der Waals surface area contributed by atoms with Gasteiger partial charge in [0.25, 0.3) is 0 Å². The van der Waals surface area contributed by atoms with E-state index in [-0.39, 0.29) is 35.6 Å². The van der Waals surface area contributed by atoms with Gasteiger partial charge in [-0.2, -0.15) is 0 Å². The summed E-state index contributed by atoms with van der Waals surface area (Å²) >= 11 is 3.46. The largest absolute Gasteiger partial charge is 0.342 e. The SMILES string of the molecule is CN1CCCC1c1ncc(-c2ccc(-c3ccc(-c4cnc(C5CCCN5C(=O)[C@@H](NC(=O)C5CC5)c5ccccc5)s4)cc3)cc2)s1.O=C[C@@H](NC(=O)C1CC1)c1ccccc1. The van der Waals surface area contributed by atoms with Crippen molar-refractivity contribution in [1.82, 2.24) is 30.4 Å². The van der Waals surface area contributed by atoms with Gasteiger partial charge in [-0.05, 0) is 98.3 Å². The maximum atomic E-state index is 14.0. The normalized spacial score (nSPS) is 19.4. The van der Waals surface area contributed by atoms with E-state index in [4.69, 9.17) is 9.97 Å². The van der Waals surface area contributed by atoms with Gasteiger partial charge in [-0.15, -0.1) is 22.7 Å². The molecule has 4 fully saturated rings. The third-order valence-electron chi connectivity index (χ3n) is 12.5. The number of amides is 3. The van der Waals surface area contributed by atoms with E-state index in [2.05, 4.69) is 71.1 Å². The molecule has 2 saturated heterocycles. The minimum Gasteiger partial charge on any atom is -0.342 e. The highest BCUT2D eigenvalue weighted by Gasteiger charge is 2.39. The Balaban J connectivity index is 0.000000284. The highest BCUT2D eigenvalue weighted by molar-refractivity contribution is 7.15. The average molecular weight is 877 g/mol. The quantitative estimate of drug-likeness (QED) is 0.111. The second-order valence-electron chi connectivity index (χ2n) is 17.0. The van der Waals surface area contributed by atoms with E-state index in [1.54, 1.807) is 11.3 Å². The van der Waals surface area contributed by atoms with Gasteiger partial charge in [-0.1, -0.05) is 109 Å².